The summed E-state index contributed by atoms with van der Waals surface area (Å²) in [5.41, 5.74) is 7.55. The molecule has 2 heterocycles. The standard InChI is InChI=1S/C12H19NOS2/c1-2-11-12(16-6-5-15-11)10(13)7-9-3-4-14-8-9/h3-4,8,10-12H,2,5-7,13H2,1H3. The van der Waals surface area contributed by atoms with E-state index >= 15 is 0 Å². The normalized spacial score (nSPS) is 27.9. The summed E-state index contributed by atoms with van der Waals surface area (Å²) in [7, 11) is 0. The average molecular weight is 257 g/mol. The SMILES string of the molecule is CCC1SCCSC1C(N)Cc1ccoc1. The first-order valence-corrected chi connectivity index (χ1v) is 7.91. The third-order valence-corrected chi connectivity index (χ3v) is 6.40. The minimum absolute atomic E-state index is 0.250. The van der Waals surface area contributed by atoms with Crippen molar-refractivity contribution in [2.75, 3.05) is 11.5 Å². The first-order valence-electron chi connectivity index (χ1n) is 5.81. The van der Waals surface area contributed by atoms with Gasteiger partial charge in [-0.1, -0.05) is 6.92 Å². The summed E-state index contributed by atoms with van der Waals surface area (Å²) in [5.74, 6) is 2.52. The first-order chi connectivity index (χ1) is 7.81. The van der Waals surface area contributed by atoms with Crippen molar-refractivity contribution in [3.8, 4) is 0 Å². The topological polar surface area (TPSA) is 39.2 Å². The molecule has 0 amide bonds. The number of thioether (sulfide) groups is 2. The van der Waals surface area contributed by atoms with Gasteiger partial charge in [0.15, 0.2) is 0 Å². The molecular weight excluding hydrogens is 238 g/mol. The summed E-state index contributed by atoms with van der Waals surface area (Å²) < 4.78 is 5.09. The van der Waals surface area contributed by atoms with E-state index < -0.39 is 0 Å². The van der Waals surface area contributed by atoms with Crippen LogP contribution in [0.1, 0.15) is 18.9 Å². The van der Waals surface area contributed by atoms with Crippen LogP contribution in [0.5, 0.6) is 0 Å². The molecule has 1 aliphatic rings. The van der Waals surface area contributed by atoms with Crippen LogP contribution in [0.2, 0.25) is 0 Å². The lowest BCUT2D eigenvalue weighted by Crippen LogP contribution is -2.43. The second-order valence-electron chi connectivity index (χ2n) is 4.15. The zero-order chi connectivity index (χ0) is 11.4. The molecule has 0 bridgehead atoms. The van der Waals surface area contributed by atoms with Crippen LogP contribution in [0.15, 0.2) is 23.0 Å². The van der Waals surface area contributed by atoms with E-state index in [1.165, 1.54) is 23.5 Å². The molecule has 90 valence electrons. The van der Waals surface area contributed by atoms with Gasteiger partial charge < -0.3 is 10.2 Å². The minimum Gasteiger partial charge on any atom is -0.472 e. The van der Waals surface area contributed by atoms with Crippen LogP contribution in [0, 0.1) is 0 Å². The van der Waals surface area contributed by atoms with Crippen molar-refractivity contribution in [1.29, 1.82) is 0 Å². The van der Waals surface area contributed by atoms with E-state index in [2.05, 4.69) is 18.7 Å². The van der Waals surface area contributed by atoms with Crippen molar-refractivity contribution in [3.05, 3.63) is 24.2 Å². The quantitative estimate of drug-likeness (QED) is 0.900. The molecule has 16 heavy (non-hydrogen) atoms. The molecule has 0 aliphatic carbocycles. The van der Waals surface area contributed by atoms with Gasteiger partial charge in [0.1, 0.15) is 0 Å². The van der Waals surface area contributed by atoms with E-state index in [9.17, 15) is 0 Å². The Balaban J connectivity index is 1.94. The predicted molar refractivity (Wildman–Crippen MR) is 73.2 cm³/mol. The Morgan fingerprint density at radius 1 is 1.50 bits per heavy atom. The van der Waals surface area contributed by atoms with Crippen LogP contribution in [-0.2, 0) is 6.42 Å². The zero-order valence-electron chi connectivity index (χ0n) is 9.59. The van der Waals surface area contributed by atoms with Crippen molar-refractivity contribution >= 4 is 23.5 Å². The van der Waals surface area contributed by atoms with Crippen molar-refractivity contribution in [1.82, 2.24) is 0 Å². The van der Waals surface area contributed by atoms with Crippen LogP contribution >= 0.6 is 23.5 Å². The number of furan rings is 1. The monoisotopic (exact) mass is 257 g/mol. The van der Waals surface area contributed by atoms with Gasteiger partial charge in [-0.05, 0) is 24.5 Å². The highest BCUT2D eigenvalue weighted by Gasteiger charge is 2.30. The number of hydrogen-bond donors (Lipinski definition) is 1. The fraction of sp³-hybridized carbons (Fsp3) is 0.667. The second kappa shape index (κ2) is 6.03. The summed E-state index contributed by atoms with van der Waals surface area (Å²) in [6, 6.07) is 2.27. The molecule has 0 aromatic carbocycles. The Morgan fingerprint density at radius 2 is 2.31 bits per heavy atom. The minimum atomic E-state index is 0.250. The highest BCUT2D eigenvalue weighted by Crippen LogP contribution is 2.35. The molecule has 0 spiro atoms. The zero-order valence-corrected chi connectivity index (χ0v) is 11.2. The predicted octanol–water partition coefficient (Wildman–Crippen LogP) is 2.78. The Kier molecular flexibility index (Phi) is 4.67. The molecule has 1 saturated heterocycles. The number of hydrogen-bond acceptors (Lipinski definition) is 4. The van der Waals surface area contributed by atoms with Crippen molar-refractivity contribution in [2.45, 2.75) is 36.3 Å². The van der Waals surface area contributed by atoms with Gasteiger partial charge in [0.25, 0.3) is 0 Å². The van der Waals surface area contributed by atoms with Crippen molar-refractivity contribution in [3.63, 3.8) is 0 Å². The summed E-state index contributed by atoms with van der Waals surface area (Å²) in [6.07, 6.45) is 5.69. The van der Waals surface area contributed by atoms with Gasteiger partial charge in [0.05, 0.1) is 12.5 Å². The Labute approximate surface area is 106 Å². The van der Waals surface area contributed by atoms with Crippen molar-refractivity contribution in [2.24, 2.45) is 5.73 Å². The molecule has 1 aromatic rings. The highest BCUT2D eigenvalue weighted by atomic mass is 32.2. The summed E-state index contributed by atoms with van der Waals surface area (Å²) in [5, 5.41) is 1.32. The fourth-order valence-electron chi connectivity index (χ4n) is 2.13. The highest BCUT2D eigenvalue weighted by molar-refractivity contribution is 8.07. The molecule has 3 atom stereocenters. The van der Waals surface area contributed by atoms with Gasteiger partial charge >= 0.3 is 0 Å². The number of rotatable bonds is 4. The van der Waals surface area contributed by atoms with Gasteiger partial charge in [0, 0.05) is 28.0 Å². The summed E-state index contributed by atoms with van der Waals surface area (Å²) >= 11 is 4.14. The van der Waals surface area contributed by atoms with Crippen LogP contribution in [0.3, 0.4) is 0 Å². The van der Waals surface area contributed by atoms with E-state index in [0.717, 1.165) is 11.7 Å². The second-order valence-corrected chi connectivity index (χ2v) is 6.79. The lowest BCUT2D eigenvalue weighted by molar-refractivity contribution is 0.554. The maximum atomic E-state index is 6.33. The van der Waals surface area contributed by atoms with Crippen LogP contribution in [-0.4, -0.2) is 28.0 Å². The van der Waals surface area contributed by atoms with E-state index in [4.69, 9.17) is 10.2 Å². The van der Waals surface area contributed by atoms with E-state index in [-0.39, 0.29) is 6.04 Å². The maximum absolute atomic E-state index is 6.33. The molecule has 2 rings (SSSR count). The van der Waals surface area contributed by atoms with Crippen LogP contribution < -0.4 is 5.73 Å². The third-order valence-electron chi connectivity index (χ3n) is 2.97. The molecule has 0 radical (unpaired) electrons. The van der Waals surface area contributed by atoms with E-state index in [1.807, 2.05) is 17.8 Å². The molecule has 3 unspecified atom stereocenters. The van der Waals surface area contributed by atoms with Gasteiger partial charge in [-0.2, -0.15) is 23.5 Å². The van der Waals surface area contributed by atoms with E-state index in [1.54, 1.807) is 12.5 Å². The summed E-state index contributed by atoms with van der Waals surface area (Å²) in [4.78, 5) is 0. The Hall–Kier alpha value is -0.0600. The average Bonchev–Trinajstić information content (AvgIpc) is 2.81. The van der Waals surface area contributed by atoms with Gasteiger partial charge in [-0.3, -0.25) is 0 Å². The molecule has 4 heteroatoms. The molecule has 2 N–H and O–H groups in total. The Bertz CT molecular complexity index is 302. The number of nitrogens with two attached hydrogens (primary N) is 1. The fourth-order valence-corrected chi connectivity index (χ4v) is 5.33. The molecule has 1 aromatic heterocycles. The first kappa shape index (κ1) is 12.4. The third kappa shape index (κ3) is 2.99. The molecule has 0 saturated carbocycles. The Morgan fingerprint density at radius 3 is 3.00 bits per heavy atom. The van der Waals surface area contributed by atoms with Gasteiger partial charge in [-0.25, -0.2) is 0 Å². The van der Waals surface area contributed by atoms with Crippen LogP contribution in [0.4, 0.5) is 0 Å². The smallest absolute Gasteiger partial charge is 0.0935 e. The molecular formula is C12H19NOS2. The lowest BCUT2D eigenvalue weighted by Gasteiger charge is -2.34. The van der Waals surface area contributed by atoms with Gasteiger partial charge in [0.2, 0.25) is 0 Å². The molecule has 1 aliphatic heterocycles. The maximum Gasteiger partial charge on any atom is 0.0935 e. The molecule has 1 fully saturated rings. The largest absolute Gasteiger partial charge is 0.472 e. The van der Waals surface area contributed by atoms with Crippen LogP contribution in [0.25, 0.3) is 0 Å². The van der Waals surface area contributed by atoms with Crippen molar-refractivity contribution < 1.29 is 4.42 Å². The summed E-state index contributed by atoms with van der Waals surface area (Å²) in [6.45, 7) is 2.26. The lowest BCUT2D eigenvalue weighted by atomic mass is 10.0. The van der Waals surface area contributed by atoms with E-state index in [0.29, 0.717) is 5.25 Å². The van der Waals surface area contributed by atoms with Gasteiger partial charge in [-0.15, -0.1) is 0 Å². The molecule has 2 nitrogen and oxygen atoms in total.